The average Bonchev–Trinajstić information content (AvgIpc) is 2.52. The van der Waals surface area contributed by atoms with Crippen LogP contribution in [0.15, 0.2) is 60.7 Å². The average molecular weight is 287 g/mol. The van der Waals surface area contributed by atoms with Gasteiger partial charge in [-0.25, -0.2) is 0 Å². The monoisotopic (exact) mass is 287 g/mol. The predicted molar refractivity (Wildman–Crippen MR) is 83.6 cm³/mol. The van der Waals surface area contributed by atoms with Gasteiger partial charge in [-0.3, -0.25) is 0 Å². The highest BCUT2D eigenvalue weighted by molar-refractivity contribution is 7.44. The van der Waals surface area contributed by atoms with E-state index in [1.54, 1.807) is 0 Å². The molecule has 0 radical (unpaired) electrons. The zero-order valence-corrected chi connectivity index (χ0v) is 12.5. The number of benzene rings is 2. The van der Waals surface area contributed by atoms with Gasteiger partial charge in [0.05, 0.1) is 13.2 Å². The van der Waals surface area contributed by atoms with Gasteiger partial charge in [-0.1, -0.05) is 65.2 Å². The minimum atomic E-state index is -1.16. The molecule has 1 atom stereocenters. The molecule has 0 aliphatic carbocycles. The molecule has 0 saturated heterocycles. The van der Waals surface area contributed by atoms with E-state index < -0.39 is 7.80 Å². The van der Waals surface area contributed by atoms with Crippen molar-refractivity contribution in [2.45, 2.75) is 13.0 Å². The zero-order valence-electron chi connectivity index (χ0n) is 11.6. The van der Waals surface area contributed by atoms with Gasteiger partial charge in [-0.05, 0) is 11.1 Å². The molecule has 2 rings (SSSR count). The van der Waals surface area contributed by atoms with Crippen LogP contribution in [0.3, 0.4) is 0 Å². The Morgan fingerprint density at radius 2 is 1.40 bits per heavy atom. The summed E-state index contributed by atoms with van der Waals surface area (Å²) in [5.74, 6) is 0. The summed E-state index contributed by atoms with van der Waals surface area (Å²) < 4.78 is 17.5. The number of aryl methyl sites for hydroxylation is 1. The Morgan fingerprint density at radius 1 is 0.800 bits per heavy atom. The molecule has 0 bridgehead atoms. The van der Waals surface area contributed by atoms with Crippen molar-refractivity contribution in [3.05, 3.63) is 71.8 Å². The second kappa shape index (κ2) is 8.63. The topological polar surface area (TPSA) is 26.3 Å². The van der Waals surface area contributed by atoms with Crippen LogP contribution in [0.5, 0.6) is 0 Å². The summed E-state index contributed by atoms with van der Waals surface area (Å²) in [6, 6.07) is 20.3. The van der Waals surface area contributed by atoms with Crippen LogP contribution in [0, 0.1) is 0 Å². The van der Waals surface area contributed by atoms with E-state index in [1.807, 2.05) is 48.5 Å². The molecule has 0 N–H and O–H groups in total. The van der Waals surface area contributed by atoms with Crippen LogP contribution in [-0.2, 0) is 22.3 Å². The summed E-state index contributed by atoms with van der Waals surface area (Å²) in [7, 11) is -1.16. The predicted octanol–water partition coefficient (Wildman–Crippen LogP) is 4.27. The van der Waals surface area contributed by atoms with Crippen LogP contribution >= 0.6 is 7.80 Å². The van der Waals surface area contributed by atoms with Crippen LogP contribution in [0.1, 0.15) is 11.1 Å². The summed E-state index contributed by atoms with van der Waals surface area (Å²) in [5, 5.41) is 0. The van der Waals surface area contributed by atoms with Crippen molar-refractivity contribution in [1.29, 1.82) is 0 Å². The van der Waals surface area contributed by atoms with Crippen LogP contribution < -0.4 is 0 Å². The maximum Gasteiger partial charge on any atom is 0.341 e. The van der Waals surface area contributed by atoms with Crippen molar-refractivity contribution in [3.63, 3.8) is 0 Å². The third kappa shape index (κ3) is 5.64. The molecule has 0 saturated carbocycles. The smallest absolute Gasteiger partial charge is 0.341 e. The van der Waals surface area contributed by atoms with Crippen LogP contribution in [0.25, 0.3) is 0 Å². The minimum Gasteiger partial charge on any atom is -0.372 e. The molecule has 0 amide bonds. The van der Waals surface area contributed by atoms with Crippen LogP contribution in [0.2, 0.25) is 0 Å². The lowest BCUT2D eigenvalue weighted by atomic mass is 10.2. The van der Waals surface area contributed by atoms with Gasteiger partial charge in [-0.2, -0.15) is 0 Å². The zero-order chi connectivity index (χ0) is 14.0. The Hall–Kier alpha value is -1.50. The largest absolute Gasteiger partial charge is 0.372 e. The van der Waals surface area contributed by atoms with Gasteiger partial charge >= 0.3 is 7.80 Å². The van der Waals surface area contributed by atoms with E-state index in [2.05, 4.69) is 12.1 Å². The van der Waals surface area contributed by atoms with E-state index in [0.717, 1.165) is 18.1 Å². The minimum absolute atomic E-state index is 0.568. The van der Waals surface area contributed by atoms with E-state index in [1.165, 1.54) is 5.56 Å². The number of ether oxygens (including phenoxy) is 1. The van der Waals surface area contributed by atoms with Gasteiger partial charge in [0, 0.05) is 6.42 Å². The van der Waals surface area contributed by atoms with Gasteiger partial charge in [-0.15, -0.1) is 0 Å². The molecule has 2 aromatic rings. The highest BCUT2D eigenvalue weighted by atomic mass is 31.1. The maximum atomic E-state index is 11.9. The molecule has 0 fully saturated rings. The molecule has 2 aromatic carbocycles. The molecule has 0 spiro atoms. The molecule has 0 aromatic heterocycles. The fraction of sp³-hybridized carbons (Fsp3) is 0.294. The molecule has 0 heterocycles. The lowest BCUT2D eigenvalue weighted by molar-refractivity contribution is 0.135. The van der Waals surface area contributed by atoms with E-state index in [-0.39, 0.29) is 0 Å². The Balaban J connectivity index is 1.59. The Bertz CT molecular complexity index is 511. The van der Waals surface area contributed by atoms with Crippen molar-refractivity contribution in [2.24, 2.45) is 0 Å². The Morgan fingerprint density at radius 3 is 2.05 bits per heavy atom. The number of hydrogen-bond donors (Lipinski definition) is 0. The van der Waals surface area contributed by atoms with Gasteiger partial charge in [0.15, 0.2) is 6.16 Å². The maximum absolute atomic E-state index is 11.9. The molecule has 104 valence electrons. The Labute approximate surface area is 121 Å². The highest BCUT2D eigenvalue weighted by Crippen LogP contribution is 2.21. The molecule has 3 heteroatoms. The normalized spacial score (nSPS) is 11.3. The van der Waals surface area contributed by atoms with Crippen molar-refractivity contribution in [2.75, 3.05) is 18.9 Å². The summed E-state index contributed by atoms with van der Waals surface area (Å²) in [5.41, 5.74) is 2.41. The van der Waals surface area contributed by atoms with Crippen molar-refractivity contribution < 1.29 is 9.30 Å². The molecular weight excluding hydrogens is 267 g/mol. The van der Waals surface area contributed by atoms with Crippen molar-refractivity contribution in [3.8, 4) is 0 Å². The van der Waals surface area contributed by atoms with E-state index >= 15 is 0 Å². The van der Waals surface area contributed by atoms with Crippen molar-refractivity contribution >= 4 is 7.80 Å². The molecule has 0 aliphatic heterocycles. The van der Waals surface area contributed by atoms with Crippen LogP contribution in [0.4, 0.5) is 0 Å². The summed E-state index contributed by atoms with van der Waals surface area (Å²) in [6.45, 7) is 1.17. The molecular formula is C17H20O2P+. The number of rotatable bonds is 8. The summed E-state index contributed by atoms with van der Waals surface area (Å²) >= 11 is 0. The molecule has 0 aliphatic rings. The fourth-order valence-corrected chi connectivity index (χ4v) is 3.00. The van der Waals surface area contributed by atoms with Crippen molar-refractivity contribution in [1.82, 2.24) is 0 Å². The lowest BCUT2D eigenvalue weighted by Crippen LogP contribution is -1.99. The third-order valence-corrected chi connectivity index (χ3v) is 4.49. The summed E-state index contributed by atoms with van der Waals surface area (Å²) in [4.78, 5) is 0. The molecule has 2 nitrogen and oxygen atoms in total. The van der Waals surface area contributed by atoms with Crippen LogP contribution in [-0.4, -0.2) is 18.9 Å². The van der Waals surface area contributed by atoms with Gasteiger partial charge in [0.25, 0.3) is 0 Å². The second-order valence-electron chi connectivity index (χ2n) is 4.70. The number of hydrogen-bond acceptors (Lipinski definition) is 2. The highest BCUT2D eigenvalue weighted by Gasteiger charge is 2.14. The van der Waals surface area contributed by atoms with Gasteiger partial charge in [0.1, 0.15) is 6.16 Å². The first-order valence-electron chi connectivity index (χ1n) is 6.92. The third-order valence-electron chi connectivity index (χ3n) is 3.09. The molecule has 20 heavy (non-hydrogen) atoms. The molecule has 1 unspecified atom stereocenters. The van der Waals surface area contributed by atoms with E-state index in [9.17, 15) is 4.57 Å². The quantitative estimate of drug-likeness (QED) is 0.535. The van der Waals surface area contributed by atoms with E-state index in [0.29, 0.717) is 19.4 Å². The van der Waals surface area contributed by atoms with Gasteiger partial charge < -0.3 is 4.74 Å². The van der Waals surface area contributed by atoms with E-state index in [4.69, 9.17) is 4.74 Å². The standard InChI is InChI=1S/C17H20O2P/c18-20(13-11-16-7-3-1-4-8-16)14-12-19-15-17-9-5-2-6-10-17/h1-10H,11-15H2/q+1. The first kappa shape index (κ1) is 14.9. The first-order chi connectivity index (χ1) is 9.84. The first-order valence-corrected chi connectivity index (χ1v) is 8.55. The summed E-state index contributed by atoms with van der Waals surface area (Å²) in [6.07, 6.45) is 2.28. The fourth-order valence-electron chi connectivity index (χ4n) is 1.94. The lowest BCUT2D eigenvalue weighted by Gasteiger charge is -2.00. The Kier molecular flexibility index (Phi) is 6.43. The van der Waals surface area contributed by atoms with Gasteiger partial charge in [0.2, 0.25) is 0 Å². The second-order valence-corrected chi connectivity index (χ2v) is 6.56. The SMILES string of the molecule is O=[P+](CCOCc1ccccc1)CCc1ccccc1.